The molecule has 0 aliphatic carbocycles. The molecule has 2 unspecified atom stereocenters. The minimum Gasteiger partial charge on any atom is -0.493 e. The summed E-state index contributed by atoms with van der Waals surface area (Å²) in [5, 5.41) is 7.98. The molecule has 33 heavy (non-hydrogen) atoms. The maximum Gasteiger partial charge on any atom is 0.393 e. The number of ether oxygens (including phenoxy) is 2. The van der Waals surface area contributed by atoms with Gasteiger partial charge in [-0.05, 0) is 48.5 Å². The number of piperidine rings is 1. The fraction of sp³-hybridized carbons (Fsp3) is 0.478. The van der Waals surface area contributed by atoms with Crippen LogP contribution in [-0.2, 0) is 4.79 Å². The van der Waals surface area contributed by atoms with E-state index in [-0.39, 0.29) is 31.5 Å². The molecule has 0 radical (unpaired) electrons. The van der Waals surface area contributed by atoms with E-state index in [1.807, 2.05) is 29.6 Å². The first kappa shape index (κ1) is 23.6. The third-order valence-electron chi connectivity index (χ3n) is 6.09. The lowest BCUT2D eigenvalue weighted by Gasteiger charge is -2.34. The van der Waals surface area contributed by atoms with Crippen molar-refractivity contribution >= 4 is 23.0 Å². The molecule has 0 saturated carbocycles. The fourth-order valence-electron chi connectivity index (χ4n) is 4.38. The molecular weight excluding hydrogens is 455 g/mol. The van der Waals surface area contributed by atoms with Gasteiger partial charge >= 0.3 is 6.18 Å². The third-order valence-corrected chi connectivity index (χ3v) is 7.01. The van der Waals surface area contributed by atoms with Gasteiger partial charge in [-0.3, -0.25) is 9.69 Å². The van der Waals surface area contributed by atoms with Gasteiger partial charge in [0.1, 0.15) is 0 Å². The van der Waals surface area contributed by atoms with Gasteiger partial charge in [0.05, 0.1) is 43.3 Å². The molecule has 1 amide bonds. The SMILES string of the molecule is COc1ccc(C2CC(c3cccs3)=NN2C(=O)CN2CCCC(C(F)(F)F)C2)cc1OC. The number of hydrazone groups is 1. The van der Waals surface area contributed by atoms with Crippen molar-refractivity contribution in [2.45, 2.75) is 31.5 Å². The molecule has 1 aromatic carbocycles. The Morgan fingerprint density at radius 2 is 2.00 bits per heavy atom. The summed E-state index contributed by atoms with van der Waals surface area (Å²) in [6.45, 7) is 0.206. The van der Waals surface area contributed by atoms with Gasteiger partial charge < -0.3 is 9.47 Å². The van der Waals surface area contributed by atoms with Crippen molar-refractivity contribution in [3.05, 3.63) is 46.2 Å². The molecule has 2 aliphatic rings. The second kappa shape index (κ2) is 9.72. The van der Waals surface area contributed by atoms with E-state index in [1.54, 1.807) is 25.2 Å². The number of benzene rings is 1. The minimum absolute atomic E-state index is 0.0996. The molecule has 0 spiro atoms. The quantitative estimate of drug-likeness (QED) is 0.599. The van der Waals surface area contributed by atoms with Gasteiger partial charge in [0.25, 0.3) is 5.91 Å². The lowest BCUT2D eigenvalue weighted by Crippen LogP contribution is -2.46. The molecule has 1 saturated heterocycles. The summed E-state index contributed by atoms with van der Waals surface area (Å²) < 4.78 is 50.4. The Bertz CT molecular complexity index is 1010. The number of halogens is 3. The highest BCUT2D eigenvalue weighted by molar-refractivity contribution is 7.12. The predicted octanol–water partition coefficient (Wildman–Crippen LogP) is 4.72. The zero-order valence-corrected chi connectivity index (χ0v) is 19.3. The number of carbonyl (C=O) groups excluding carboxylic acids is 1. The van der Waals surface area contributed by atoms with E-state index in [2.05, 4.69) is 5.10 Å². The van der Waals surface area contributed by atoms with Crippen LogP contribution in [-0.4, -0.2) is 61.6 Å². The van der Waals surface area contributed by atoms with Crippen LogP contribution in [0.4, 0.5) is 13.2 Å². The summed E-state index contributed by atoms with van der Waals surface area (Å²) in [5.41, 5.74) is 1.60. The number of hydrogen-bond donors (Lipinski definition) is 0. The van der Waals surface area contributed by atoms with Crippen LogP contribution in [0, 0.1) is 5.92 Å². The monoisotopic (exact) mass is 481 g/mol. The Hall–Kier alpha value is -2.59. The van der Waals surface area contributed by atoms with E-state index in [0.717, 1.165) is 16.2 Å². The van der Waals surface area contributed by atoms with Crippen molar-refractivity contribution in [3.8, 4) is 11.5 Å². The molecule has 2 atom stereocenters. The Kier molecular flexibility index (Phi) is 6.94. The molecule has 3 heterocycles. The van der Waals surface area contributed by atoms with E-state index < -0.39 is 12.1 Å². The molecule has 2 aliphatic heterocycles. The number of likely N-dealkylation sites (tertiary alicyclic amines) is 1. The average Bonchev–Trinajstić information content (AvgIpc) is 3.48. The number of thiophene rings is 1. The Labute approximate surface area is 194 Å². The summed E-state index contributed by atoms with van der Waals surface area (Å²) in [6, 6.07) is 8.94. The Morgan fingerprint density at radius 3 is 2.67 bits per heavy atom. The zero-order valence-electron chi connectivity index (χ0n) is 18.5. The predicted molar refractivity (Wildman–Crippen MR) is 120 cm³/mol. The standard InChI is InChI=1S/C23H26F3N3O3S/c1-31-19-8-7-15(11-20(19)32-2)18-12-17(21-6-4-10-33-21)27-29(18)22(30)14-28-9-3-5-16(13-28)23(24,25)26/h4,6-8,10-11,16,18H,3,5,9,12-14H2,1-2H3. The number of amides is 1. The second-order valence-corrected chi connectivity index (χ2v) is 9.16. The molecule has 178 valence electrons. The maximum absolute atomic E-state index is 13.3. The van der Waals surface area contributed by atoms with Crippen LogP contribution in [0.25, 0.3) is 0 Å². The van der Waals surface area contributed by atoms with Crippen molar-refractivity contribution in [2.75, 3.05) is 33.9 Å². The first-order valence-electron chi connectivity index (χ1n) is 10.7. The van der Waals surface area contributed by atoms with Gasteiger partial charge in [0.15, 0.2) is 11.5 Å². The van der Waals surface area contributed by atoms with Gasteiger partial charge in [-0.2, -0.15) is 18.3 Å². The summed E-state index contributed by atoms with van der Waals surface area (Å²) in [6.07, 6.45) is -3.22. The lowest BCUT2D eigenvalue weighted by molar-refractivity contribution is -0.187. The number of alkyl halides is 3. The van der Waals surface area contributed by atoms with Crippen LogP contribution < -0.4 is 9.47 Å². The molecule has 1 fully saturated rings. The zero-order chi connectivity index (χ0) is 23.6. The number of rotatable bonds is 6. The number of carbonyl (C=O) groups is 1. The van der Waals surface area contributed by atoms with E-state index in [1.165, 1.54) is 16.3 Å². The highest BCUT2D eigenvalue weighted by Crippen LogP contribution is 2.38. The van der Waals surface area contributed by atoms with Crippen LogP contribution in [0.15, 0.2) is 40.8 Å². The Balaban J connectivity index is 1.57. The molecule has 0 bridgehead atoms. The van der Waals surface area contributed by atoms with Crippen molar-refractivity contribution in [1.29, 1.82) is 0 Å². The third kappa shape index (κ3) is 5.16. The van der Waals surface area contributed by atoms with Crippen molar-refractivity contribution in [3.63, 3.8) is 0 Å². The highest BCUT2D eigenvalue weighted by atomic mass is 32.1. The van der Waals surface area contributed by atoms with Crippen LogP contribution in [0.3, 0.4) is 0 Å². The second-order valence-electron chi connectivity index (χ2n) is 8.21. The normalized spacial score (nSPS) is 21.7. The van der Waals surface area contributed by atoms with E-state index >= 15 is 0 Å². The summed E-state index contributed by atoms with van der Waals surface area (Å²) in [7, 11) is 3.09. The van der Waals surface area contributed by atoms with Crippen LogP contribution in [0.1, 0.15) is 35.7 Å². The topological polar surface area (TPSA) is 54.4 Å². The van der Waals surface area contributed by atoms with Gasteiger partial charge in [-0.15, -0.1) is 11.3 Å². The summed E-state index contributed by atoms with van der Waals surface area (Å²) in [5.74, 6) is -0.604. The minimum atomic E-state index is -4.25. The number of methoxy groups -OCH3 is 2. The van der Waals surface area contributed by atoms with Gasteiger partial charge in [-0.25, -0.2) is 5.01 Å². The van der Waals surface area contributed by atoms with Crippen molar-refractivity contribution in [2.24, 2.45) is 11.0 Å². The highest BCUT2D eigenvalue weighted by Gasteiger charge is 2.42. The molecule has 1 aromatic heterocycles. The fourth-order valence-corrected chi connectivity index (χ4v) is 5.10. The molecule has 10 heteroatoms. The van der Waals surface area contributed by atoms with E-state index in [9.17, 15) is 18.0 Å². The van der Waals surface area contributed by atoms with Gasteiger partial charge in [0.2, 0.25) is 0 Å². The van der Waals surface area contributed by atoms with Gasteiger partial charge in [-0.1, -0.05) is 12.1 Å². The largest absolute Gasteiger partial charge is 0.493 e. The molecule has 6 nitrogen and oxygen atoms in total. The molecule has 0 N–H and O–H groups in total. The van der Waals surface area contributed by atoms with Crippen LogP contribution >= 0.6 is 11.3 Å². The average molecular weight is 482 g/mol. The van der Waals surface area contributed by atoms with Gasteiger partial charge in [0, 0.05) is 13.0 Å². The van der Waals surface area contributed by atoms with Crippen molar-refractivity contribution < 1.29 is 27.4 Å². The maximum atomic E-state index is 13.3. The summed E-state index contributed by atoms with van der Waals surface area (Å²) in [4.78, 5) is 15.8. The summed E-state index contributed by atoms with van der Waals surface area (Å²) >= 11 is 1.53. The molecular formula is C23H26F3N3O3S. The first-order valence-corrected chi connectivity index (χ1v) is 11.6. The van der Waals surface area contributed by atoms with Crippen LogP contribution in [0.2, 0.25) is 0 Å². The molecule has 4 rings (SSSR count). The van der Waals surface area contributed by atoms with E-state index in [0.29, 0.717) is 30.9 Å². The molecule has 2 aromatic rings. The number of hydrogen-bond acceptors (Lipinski definition) is 6. The number of nitrogens with zero attached hydrogens (tertiary/aromatic N) is 3. The van der Waals surface area contributed by atoms with Crippen LogP contribution in [0.5, 0.6) is 11.5 Å². The first-order chi connectivity index (χ1) is 15.8. The lowest BCUT2D eigenvalue weighted by atomic mass is 9.97. The van der Waals surface area contributed by atoms with E-state index in [4.69, 9.17) is 9.47 Å². The Morgan fingerprint density at radius 1 is 1.21 bits per heavy atom. The van der Waals surface area contributed by atoms with Crippen molar-refractivity contribution in [1.82, 2.24) is 9.91 Å². The smallest absolute Gasteiger partial charge is 0.393 e.